The van der Waals surface area contributed by atoms with Gasteiger partial charge in [0.05, 0.1) is 24.7 Å². The van der Waals surface area contributed by atoms with E-state index in [4.69, 9.17) is 14.2 Å². The van der Waals surface area contributed by atoms with E-state index in [0.717, 1.165) is 13.1 Å². The number of nitrogens with one attached hydrogen (secondary N) is 1. The Balaban J connectivity index is 2.03. The van der Waals surface area contributed by atoms with Crippen molar-refractivity contribution in [2.45, 2.75) is 18.7 Å². The quantitative estimate of drug-likeness (QED) is 0.541. The van der Waals surface area contributed by atoms with E-state index >= 15 is 0 Å². The molecular formula is C21H28N2O6S. The Kier molecular flexibility index (Phi) is 8.49. The molecule has 0 radical (unpaired) electrons. The van der Waals surface area contributed by atoms with Crippen LogP contribution < -0.4 is 14.2 Å². The van der Waals surface area contributed by atoms with E-state index in [0.29, 0.717) is 35.9 Å². The zero-order chi connectivity index (χ0) is 22.1. The molecule has 0 saturated carbocycles. The van der Waals surface area contributed by atoms with Crippen molar-refractivity contribution in [3.63, 3.8) is 0 Å². The Morgan fingerprint density at radius 2 is 1.60 bits per heavy atom. The summed E-state index contributed by atoms with van der Waals surface area (Å²) in [6.45, 7) is 6.85. The lowest BCUT2D eigenvalue weighted by Gasteiger charge is -2.17. The number of rotatable bonds is 11. The number of carbonyl (C=O) groups is 1. The van der Waals surface area contributed by atoms with Crippen molar-refractivity contribution >= 4 is 21.7 Å². The van der Waals surface area contributed by atoms with Gasteiger partial charge < -0.3 is 19.1 Å². The molecule has 0 aliphatic heterocycles. The number of esters is 1. The third-order valence-electron chi connectivity index (χ3n) is 4.57. The summed E-state index contributed by atoms with van der Waals surface area (Å²) in [5.74, 6) is 0.292. The summed E-state index contributed by atoms with van der Waals surface area (Å²) in [7, 11) is -0.936. The molecule has 0 aliphatic rings. The first-order valence-electron chi connectivity index (χ1n) is 9.59. The maximum Gasteiger partial charge on any atom is 0.338 e. The summed E-state index contributed by atoms with van der Waals surface area (Å²) >= 11 is 0. The van der Waals surface area contributed by atoms with Crippen molar-refractivity contribution in [1.29, 1.82) is 0 Å². The van der Waals surface area contributed by atoms with E-state index in [-0.39, 0.29) is 4.90 Å². The minimum atomic E-state index is -3.84. The van der Waals surface area contributed by atoms with Gasteiger partial charge >= 0.3 is 5.97 Å². The molecular weight excluding hydrogens is 408 g/mol. The number of hydrogen-bond acceptors (Lipinski definition) is 7. The molecule has 0 amide bonds. The molecule has 0 saturated heterocycles. The zero-order valence-electron chi connectivity index (χ0n) is 17.7. The van der Waals surface area contributed by atoms with Crippen molar-refractivity contribution in [2.75, 3.05) is 45.2 Å². The van der Waals surface area contributed by atoms with Crippen LogP contribution in [0.25, 0.3) is 0 Å². The lowest BCUT2D eigenvalue weighted by atomic mass is 10.2. The predicted octanol–water partition coefficient (Wildman–Crippen LogP) is 3.00. The van der Waals surface area contributed by atoms with E-state index in [1.807, 2.05) is 13.8 Å². The average molecular weight is 437 g/mol. The van der Waals surface area contributed by atoms with Gasteiger partial charge in [-0.3, -0.25) is 4.72 Å². The van der Waals surface area contributed by atoms with Crippen LogP contribution in [0.2, 0.25) is 0 Å². The van der Waals surface area contributed by atoms with Gasteiger partial charge in [-0.05, 0) is 49.5 Å². The molecule has 1 N–H and O–H groups in total. The largest absolute Gasteiger partial charge is 0.493 e. The Morgan fingerprint density at radius 3 is 2.17 bits per heavy atom. The average Bonchev–Trinajstić information content (AvgIpc) is 2.76. The molecule has 0 aromatic heterocycles. The highest BCUT2D eigenvalue weighted by Gasteiger charge is 2.18. The van der Waals surface area contributed by atoms with Crippen LogP contribution in [0.4, 0.5) is 5.69 Å². The second kappa shape index (κ2) is 10.8. The first kappa shape index (κ1) is 23.5. The summed E-state index contributed by atoms with van der Waals surface area (Å²) in [6, 6.07) is 10.4. The molecule has 0 spiro atoms. The SMILES string of the molecule is CCN(CC)CCOC(=O)c1ccc(NS(=O)(=O)c2ccc(OC)c(OC)c2)cc1. The molecule has 0 atom stereocenters. The summed E-state index contributed by atoms with van der Waals surface area (Å²) in [5.41, 5.74) is 0.674. The number of likely N-dealkylation sites (N-methyl/N-ethyl adjacent to an activating group) is 1. The second-order valence-electron chi connectivity index (χ2n) is 6.36. The van der Waals surface area contributed by atoms with Crippen LogP contribution in [0.15, 0.2) is 47.4 Å². The van der Waals surface area contributed by atoms with Crippen molar-refractivity contribution in [1.82, 2.24) is 4.90 Å². The second-order valence-corrected chi connectivity index (χ2v) is 8.04. The molecule has 0 heterocycles. The predicted molar refractivity (Wildman–Crippen MR) is 115 cm³/mol. The molecule has 0 fully saturated rings. The van der Waals surface area contributed by atoms with Gasteiger partial charge in [0.2, 0.25) is 0 Å². The van der Waals surface area contributed by atoms with Crippen LogP contribution in [0.5, 0.6) is 11.5 Å². The minimum absolute atomic E-state index is 0.0278. The Bertz CT molecular complexity index is 940. The molecule has 0 aliphatic carbocycles. The highest BCUT2D eigenvalue weighted by Crippen LogP contribution is 2.30. The number of carbonyl (C=O) groups excluding carboxylic acids is 1. The zero-order valence-corrected chi connectivity index (χ0v) is 18.5. The third kappa shape index (κ3) is 6.11. The number of sulfonamides is 1. The molecule has 2 aromatic rings. The Labute approximate surface area is 177 Å². The fourth-order valence-electron chi connectivity index (χ4n) is 2.76. The van der Waals surface area contributed by atoms with Gasteiger partial charge in [-0.25, -0.2) is 13.2 Å². The highest BCUT2D eigenvalue weighted by molar-refractivity contribution is 7.92. The topological polar surface area (TPSA) is 94.2 Å². The maximum absolute atomic E-state index is 12.6. The molecule has 2 rings (SSSR count). The van der Waals surface area contributed by atoms with Crippen molar-refractivity contribution < 1.29 is 27.4 Å². The maximum atomic E-state index is 12.6. The van der Waals surface area contributed by atoms with Gasteiger partial charge in [0.25, 0.3) is 10.0 Å². The Morgan fingerprint density at radius 1 is 0.967 bits per heavy atom. The van der Waals surface area contributed by atoms with E-state index in [2.05, 4.69) is 9.62 Å². The van der Waals surface area contributed by atoms with Crippen molar-refractivity contribution in [2.24, 2.45) is 0 Å². The molecule has 0 unspecified atom stereocenters. The summed E-state index contributed by atoms with van der Waals surface area (Å²) < 4.78 is 43.3. The van der Waals surface area contributed by atoms with E-state index in [9.17, 15) is 13.2 Å². The van der Waals surface area contributed by atoms with Crippen LogP contribution in [0.1, 0.15) is 24.2 Å². The van der Waals surface area contributed by atoms with Crippen molar-refractivity contribution in [3.05, 3.63) is 48.0 Å². The monoisotopic (exact) mass is 436 g/mol. The van der Waals surface area contributed by atoms with Gasteiger partial charge in [-0.1, -0.05) is 13.8 Å². The van der Waals surface area contributed by atoms with E-state index in [1.165, 1.54) is 56.7 Å². The van der Waals surface area contributed by atoms with Gasteiger partial charge in [-0.2, -0.15) is 0 Å². The lowest BCUT2D eigenvalue weighted by molar-refractivity contribution is 0.0466. The number of benzene rings is 2. The van der Waals surface area contributed by atoms with Gasteiger partial charge in [0.15, 0.2) is 11.5 Å². The fourth-order valence-corrected chi connectivity index (χ4v) is 3.84. The number of methoxy groups -OCH3 is 2. The van der Waals surface area contributed by atoms with Gasteiger partial charge in [0.1, 0.15) is 6.61 Å². The van der Waals surface area contributed by atoms with Crippen molar-refractivity contribution in [3.8, 4) is 11.5 Å². The van der Waals surface area contributed by atoms with Crippen LogP contribution in [-0.4, -0.2) is 59.7 Å². The fraction of sp³-hybridized carbons (Fsp3) is 0.381. The molecule has 2 aromatic carbocycles. The number of anilines is 1. The first-order valence-corrected chi connectivity index (χ1v) is 11.1. The standard InChI is InChI=1S/C21H28N2O6S/c1-5-23(6-2)13-14-29-21(24)16-7-9-17(10-8-16)22-30(25,26)18-11-12-19(27-3)20(15-18)28-4/h7-12,15,22H,5-6,13-14H2,1-4H3. The lowest BCUT2D eigenvalue weighted by Crippen LogP contribution is -2.27. The van der Waals surface area contributed by atoms with Crippen LogP contribution in [0.3, 0.4) is 0 Å². The Hall–Kier alpha value is -2.78. The summed E-state index contributed by atoms with van der Waals surface area (Å²) in [5, 5.41) is 0. The van der Waals surface area contributed by atoms with E-state index < -0.39 is 16.0 Å². The molecule has 8 nitrogen and oxygen atoms in total. The molecule has 9 heteroatoms. The third-order valence-corrected chi connectivity index (χ3v) is 5.95. The summed E-state index contributed by atoms with van der Waals surface area (Å²) in [4.78, 5) is 14.3. The number of nitrogens with zero attached hydrogens (tertiary/aromatic N) is 1. The van der Waals surface area contributed by atoms with E-state index in [1.54, 1.807) is 0 Å². The van der Waals surface area contributed by atoms with Crippen LogP contribution in [-0.2, 0) is 14.8 Å². The number of ether oxygens (including phenoxy) is 3. The normalized spacial score (nSPS) is 11.2. The highest BCUT2D eigenvalue weighted by atomic mass is 32.2. The number of hydrogen-bond donors (Lipinski definition) is 1. The van der Waals surface area contributed by atoms with Gasteiger partial charge in [-0.15, -0.1) is 0 Å². The molecule has 164 valence electrons. The summed E-state index contributed by atoms with van der Waals surface area (Å²) in [6.07, 6.45) is 0. The first-order chi connectivity index (χ1) is 14.3. The molecule has 30 heavy (non-hydrogen) atoms. The van der Waals surface area contributed by atoms with Gasteiger partial charge in [0, 0.05) is 18.3 Å². The smallest absolute Gasteiger partial charge is 0.338 e. The molecule has 0 bridgehead atoms. The minimum Gasteiger partial charge on any atom is -0.493 e. The van der Waals surface area contributed by atoms with Crippen LogP contribution in [0, 0.1) is 0 Å². The van der Waals surface area contributed by atoms with Crippen LogP contribution >= 0.6 is 0 Å².